The lowest BCUT2D eigenvalue weighted by Crippen LogP contribution is -2.43. The maximum Gasteiger partial charge on any atom is 0.391 e. The molecule has 2 aromatic rings. The third-order valence-electron chi connectivity index (χ3n) is 3.25. The van der Waals surface area contributed by atoms with Crippen LogP contribution in [-0.2, 0) is 4.79 Å². The minimum Gasteiger partial charge on any atom is -0.480 e. The first-order valence-corrected chi connectivity index (χ1v) is 6.74. The molecule has 1 amide bonds. The van der Waals surface area contributed by atoms with Gasteiger partial charge in [0.1, 0.15) is 11.9 Å². The van der Waals surface area contributed by atoms with E-state index in [2.05, 4.69) is 4.98 Å². The number of nitrogens with one attached hydrogen (secondary N) is 1. The summed E-state index contributed by atoms with van der Waals surface area (Å²) in [4.78, 5) is 27.0. The molecule has 0 aliphatic carbocycles. The number of alkyl halides is 3. The van der Waals surface area contributed by atoms with Gasteiger partial charge in [-0.05, 0) is 25.1 Å². The quantitative estimate of drug-likeness (QED) is 0.836. The van der Waals surface area contributed by atoms with Gasteiger partial charge in [-0.15, -0.1) is 0 Å². The van der Waals surface area contributed by atoms with Crippen LogP contribution in [0.25, 0.3) is 10.9 Å². The van der Waals surface area contributed by atoms with E-state index in [1.165, 1.54) is 19.1 Å². The standard InChI is InChI=1S/C15H12F4N2O3/c1-7-10(4-8-2-3-9(16)5-11(8)20-7)13(22)21-12(14(23)24)6-15(17,18)19/h2-5,12H,6H2,1H3,(H,21,22)(H,23,24). The molecule has 1 aromatic carbocycles. The van der Waals surface area contributed by atoms with Gasteiger partial charge >= 0.3 is 12.1 Å². The highest BCUT2D eigenvalue weighted by molar-refractivity contribution is 6.00. The Labute approximate surface area is 133 Å². The van der Waals surface area contributed by atoms with Gasteiger partial charge in [-0.2, -0.15) is 13.2 Å². The van der Waals surface area contributed by atoms with Crippen LogP contribution in [0.2, 0.25) is 0 Å². The molecule has 128 valence electrons. The minimum absolute atomic E-state index is 0.0810. The maximum atomic E-state index is 13.2. The van der Waals surface area contributed by atoms with E-state index in [4.69, 9.17) is 5.11 Å². The number of carbonyl (C=O) groups excluding carboxylic acids is 1. The Hall–Kier alpha value is -2.71. The van der Waals surface area contributed by atoms with E-state index in [1.54, 1.807) is 0 Å². The van der Waals surface area contributed by atoms with E-state index >= 15 is 0 Å². The van der Waals surface area contributed by atoms with Crippen molar-refractivity contribution < 1.29 is 32.3 Å². The van der Waals surface area contributed by atoms with E-state index in [0.29, 0.717) is 5.39 Å². The number of carboxylic acid groups (broad SMARTS) is 1. The molecule has 0 spiro atoms. The van der Waals surface area contributed by atoms with Crippen molar-refractivity contribution in [2.45, 2.75) is 25.6 Å². The zero-order valence-electron chi connectivity index (χ0n) is 12.3. The Kier molecular flexibility index (Phi) is 4.72. The molecule has 0 radical (unpaired) electrons. The first-order valence-electron chi connectivity index (χ1n) is 6.74. The van der Waals surface area contributed by atoms with Gasteiger partial charge in [-0.3, -0.25) is 9.78 Å². The number of pyridine rings is 1. The predicted molar refractivity (Wildman–Crippen MR) is 76.0 cm³/mol. The third kappa shape index (κ3) is 4.18. The Morgan fingerprint density at radius 3 is 2.54 bits per heavy atom. The molecular weight excluding hydrogens is 332 g/mol. The number of rotatable bonds is 4. The molecular formula is C15H12F4N2O3. The maximum absolute atomic E-state index is 13.2. The van der Waals surface area contributed by atoms with Crippen LogP contribution >= 0.6 is 0 Å². The number of aliphatic carboxylic acids is 1. The number of halogens is 4. The van der Waals surface area contributed by atoms with Gasteiger partial charge in [0.15, 0.2) is 0 Å². The first kappa shape index (κ1) is 17.6. The molecule has 1 heterocycles. The number of hydrogen-bond donors (Lipinski definition) is 2. The van der Waals surface area contributed by atoms with Crippen LogP contribution in [0, 0.1) is 12.7 Å². The number of aryl methyl sites for hydroxylation is 1. The predicted octanol–water partition coefficient (Wildman–Crippen LogP) is 2.82. The second kappa shape index (κ2) is 6.42. The number of carboxylic acids is 1. The summed E-state index contributed by atoms with van der Waals surface area (Å²) >= 11 is 0. The van der Waals surface area contributed by atoms with Crippen LogP contribution in [0.5, 0.6) is 0 Å². The van der Waals surface area contributed by atoms with Gasteiger partial charge in [0.25, 0.3) is 5.91 Å². The second-order valence-electron chi connectivity index (χ2n) is 5.14. The molecule has 0 saturated carbocycles. The van der Waals surface area contributed by atoms with Gasteiger partial charge in [0.2, 0.25) is 0 Å². The number of benzene rings is 1. The smallest absolute Gasteiger partial charge is 0.391 e. The highest BCUT2D eigenvalue weighted by atomic mass is 19.4. The lowest BCUT2D eigenvalue weighted by Gasteiger charge is -2.17. The van der Waals surface area contributed by atoms with E-state index in [9.17, 15) is 27.2 Å². The summed E-state index contributed by atoms with van der Waals surface area (Å²) in [5, 5.41) is 11.1. The average molecular weight is 344 g/mol. The number of carbonyl (C=O) groups is 2. The molecule has 0 fully saturated rings. The molecule has 0 bridgehead atoms. The molecule has 5 nitrogen and oxygen atoms in total. The Morgan fingerprint density at radius 2 is 1.96 bits per heavy atom. The largest absolute Gasteiger partial charge is 0.480 e. The molecule has 24 heavy (non-hydrogen) atoms. The molecule has 9 heteroatoms. The first-order chi connectivity index (χ1) is 11.1. The third-order valence-corrected chi connectivity index (χ3v) is 3.25. The molecule has 2 rings (SSSR count). The summed E-state index contributed by atoms with van der Waals surface area (Å²) < 4.78 is 50.3. The molecule has 0 saturated heterocycles. The molecule has 0 aliphatic heterocycles. The van der Waals surface area contributed by atoms with Crippen LogP contribution in [0.15, 0.2) is 24.3 Å². The van der Waals surface area contributed by atoms with Crippen molar-refractivity contribution in [3.05, 3.63) is 41.3 Å². The summed E-state index contributed by atoms with van der Waals surface area (Å²) in [6.45, 7) is 1.42. The van der Waals surface area contributed by atoms with Crippen LogP contribution in [-0.4, -0.2) is 34.2 Å². The minimum atomic E-state index is -4.75. The highest BCUT2D eigenvalue weighted by Gasteiger charge is 2.36. The monoisotopic (exact) mass is 344 g/mol. The second-order valence-corrected chi connectivity index (χ2v) is 5.14. The van der Waals surface area contributed by atoms with Crippen LogP contribution in [0.3, 0.4) is 0 Å². The van der Waals surface area contributed by atoms with Crippen LogP contribution in [0.4, 0.5) is 17.6 Å². The fraction of sp³-hybridized carbons (Fsp3) is 0.267. The molecule has 1 atom stereocenters. The molecule has 0 aliphatic rings. The summed E-state index contributed by atoms with van der Waals surface area (Å²) in [6.07, 6.45) is -6.44. The number of amides is 1. The fourth-order valence-corrected chi connectivity index (χ4v) is 2.13. The highest BCUT2D eigenvalue weighted by Crippen LogP contribution is 2.22. The van der Waals surface area contributed by atoms with Crippen molar-refractivity contribution in [1.82, 2.24) is 10.3 Å². The SMILES string of the molecule is Cc1nc2cc(F)ccc2cc1C(=O)NC(CC(F)(F)F)C(=O)O. The summed E-state index contributed by atoms with van der Waals surface area (Å²) in [6, 6.07) is 2.86. The van der Waals surface area contributed by atoms with Crippen LogP contribution in [0.1, 0.15) is 22.5 Å². The van der Waals surface area contributed by atoms with Gasteiger partial charge in [0, 0.05) is 11.5 Å². The molecule has 1 aromatic heterocycles. The van der Waals surface area contributed by atoms with Gasteiger partial charge in [-0.25, -0.2) is 9.18 Å². The zero-order chi connectivity index (χ0) is 18.1. The number of nitrogens with zero attached hydrogens (tertiary/aromatic N) is 1. The lowest BCUT2D eigenvalue weighted by molar-refractivity contribution is -0.157. The number of fused-ring (bicyclic) bond motifs is 1. The Bertz CT molecular complexity index is 805. The summed E-state index contributed by atoms with van der Waals surface area (Å²) in [5.41, 5.74) is 0.332. The summed E-state index contributed by atoms with van der Waals surface area (Å²) in [7, 11) is 0. The molecule has 1 unspecified atom stereocenters. The van der Waals surface area contributed by atoms with Crippen molar-refractivity contribution in [3.8, 4) is 0 Å². The van der Waals surface area contributed by atoms with E-state index in [0.717, 1.165) is 12.1 Å². The van der Waals surface area contributed by atoms with Gasteiger partial charge in [0.05, 0.1) is 23.2 Å². The Morgan fingerprint density at radius 1 is 1.29 bits per heavy atom. The number of aromatic nitrogens is 1. The van der Waals surface area contributed by atoms with Crippen LogP contribution < -0.4 is 5.32 Å². The lowest BCUT2D eigenvalue weighted by atomic mass is 10.1. The van der Waals surface area contributed by atoms with Crippen molar-refractivity contribution in [2.24, 2.45) is 0 Å². The van der Waals surface area contributed by atoms with E-state index in [1.807, 2.05) is 5.32 Å². The van der Waals surface area contributed by atoms with Gasteiger partial charge in [-0.1, -0.05) is 0 Å². The normalized spacial score (nSPS) is 12.9. The van der Waals surface area contributed by atoms with Crippen molar-refractivity contribution in [2.75, 3.05) is 0 Å². The Balaban J connectivity index is 2.31. The van der Waals surface area contributed by atoms with Gasteiger partial charge < -0.3 is 10.4 Å². The van der Waals surface area contributed by atoms with E-state index < -0.39 is 36.3 Å². The average Bonchev–Trinajstić information content (AvgIpc) is 2.44. The van der Waals surface area contributed by atoms with Crippen molar-refractivity contribution in [1.29, 1.82) is 0 Å². The van der Waals surface area contributed by atoms with E-state index in [-0.39, 0.29) is 16.8 Å². The zero-order valence-corrected chi connectivity index (χ0v) is 12.3. The topological polar surface area (TPSA) is 79.3 Å². The van der Waals surface area contributed by atoms with Crippen molar-refractivity contribution >= 4 is 22.8 Å². The molecule has 2 N–H and O–H groups in total. The fourth-order valence-electron chi connectivity index (χ4n) is 2.13. The number of hydrogen-bond acceptors (Lipinski definition) is 3. The summed E-state index contributed by atoms with van der Waals surface area (Å²) in [5.74, 6) is -3.32. The van der Waals surface area contributed by atoms with Crippen molar-refractivity contribution in [3.63, 3.8) is 0 Å².